The molecule has 0 aliphatic heterocycles. The zero-order chi connectivity index (χ0) is 18.4. The summed E-state index contributed by atoms with van der Waals surface area (Å²) in [5, 5.41) is 12.6. The smallest absolute Gasteiger partial charge is 0.321 e. The number of ether oxygens (including phenoxy) is 1. The summed E-state index contributed by atoms with van der Waals surface area (Å²) in [6.45, 7) is 1.88. The lowest BCUT2D eigenvalue weighted by Gasteiger charge is -2.29. The molecule has 138 valence electrons. The highest BCUT2D eigenvalue weighted by Gasteiger charge is 2.23. The van der Waals surface area contributed by atoms with E-state index in [1.807, 2.05) is 0 Å². The van der Waals surface area contributed by atoms with Crippen LogP contribution in [0.25, 0.3) is 11.5 Å². The van der Waals surface area contributed by atoms with Crippen LogP contribution in [-0.2, 0) is 4.79 Å². The number of hydrogen-bond donors (Lipinski definition) is 2. The summed E-state index contributed by atoms with van der Waals surface area (Å²) in [5.74, 6) is 0.845. The molecular formula is C18H22N4O4. The molecule has 0 spiro atoms. The van der Waals surface area contributed by atoms with Crippen molar-refractivity contribution in [1.29, 1.82) is 0 Å². The van der Waals surface area contributed by atoms with Gasteiger partial charge >= 0.3 is 6.03 Å². The predicted octanol–water partition coefficient (Wildman–Crippen LogP) is 2.52. The number of imide groups is 1. The van der Waals surface area contributed by atoms with Crippen LogP contribution in [0.1, 0.15) is 32.6 Å². The van der Waals surface area contributed by atoms with Crippen molar-refractivity contribution in [2.24, 2.45) is 5.92 Å². The summed E-state index contributed by atoms with van der Waals surface area (Å²) >= 11 is 0. The molecule has 1 aromatic heterocycles. The molecule has 1 saturated carbocycles. The highest BCUT2D eigenvalue weighted by molar-refractivity contribution is 5.95. The zero-order valence-electron chi connectivity index (χ0n) is 14.6. The number of carbonyl (C=O) groups excluding carboxylic acids is 2. The van der Waals surface area contributed by atoms with Crippen LogP contribution in [0.5, 0.6) is 5.75 Å². The number of nitrogens with zero attached hydrogens (tertiary/aromatic N) is 2. The molecule has 1 fully saturated rings. The average molecular weight is 358 g/mol. The van der Waals surface area contributed by atoms with Gasteiger partial charge in [0.15, 0.2) is 6.61 Å². The van der Waals surface area contributed by atoms with Gasteiger partial charge in [-0.2, -0.15) is 0 Å². The fraction of sp³-hybridized carbons (Fsp3) is 0.444. The molecule has 1 heterocycles. The number of nitrogens with one attached hydrogen (secondary N) is 2. The third-order valence-electron chi connectivity index (χ3n) is 4.51. The molecule has 2 N–H and O–H groups in total. The van der Waals surface area contributed by atoms with E-state index in [0.29, 0.717) is 17.6 Å². The first-order valence-corrected chi connectivity index (χ1v) is 8.71. The van der Waals surface area contributed by atoms with E-state index in [2.05, 4.69) is 27.8 Å². The van der Waals surface area contributed by atoms with Gasteiger partial charge in [0.25, 0.3) is 5.91 Å². The molecule has 0 saturated heterocycles. The van der Waals surface area contributed by atoms with Crippen LogP contribution in [-0.4, -0.2) is 34.8 Å². The Morgan fingerprint density at radius 1 is 1.23 bits per heavy atom. The third-order valence-corrected chi connectivity index (χ3v) is 4.51. The largest absolute Gasteiger partial charge is 0.484 e. The van der Waals surface area contributed by atoms with E-state index in [-0.39, 0.29) is 12.6 Å². The van der Waals surface area contributed by atoms with Gasteiger partial charge in [0.2, 0.25) is 12.3 Å². The summed E-state index contributed by atoms with van der Waals surface area (Å²) < 4.78 is 10.5. The molecule has 2 aromatic rings. The fourth-order valence-electron chi connectivity index (χ4n) is 3.04. The Morgan fingerprint density at radius 3 is 2.69 bits per heavy atom. The molecule has 8 nitrogen and oxygen atoms in total. The van der Waals surface area contributed by atoms with E-state index in [0.717, 1.165) is 24.8 Å². The predicted molar refractivity (Wildman–Crippen MR) is 93.3 cm³/mol. The Morgan fingerprint density at radius 2 is 2.00 bits per heavy atom. The zero-order valence-corrected chi connectivity index (χ0v) is 14.6. The molecule has 1 aliphatic carbocycles. The molecule has 0 unspecified atom stereocenters. The van der Waals surface area contributed by atoms with Gasteiger partial charge in [-0.05, 0) is 43.0 Å². The van der Waals surface area contributed by atoms with Gasteiger partial charge in [-0.3, -0.25) is 10.1 Å². The average Bonchev–Trinajstić information content (AvgIpc) is 3.17. The van der Waals surface area contributed by atoms with Crippen molar-refractivity contribution in [3.63, 3.8) is 0 Å². The Balaban J connectivity index is 1.42. The molecule has 1 aliphatic rings. The van der Waals surface area contributed by atoms with E-state index in [4.69, 9.17) is 9.15 Å². The summed E-state index contributed by atoms with van der Waals surface area (Å²) in [7, 11) is 0. The Bertz CT molecular complexity index is 730. The van der Waals surface area contributed by atoms with Crippen molar-refractivity contribution in [3.05, 3.63) is 30.7 Å². The Kier molecular flexibility index (Phi) is 5.83. The highest BCUT2D eigenvalue weighted by Crippen LogP contribution is 2.23. The van der Waals surface area contributed by atoms with Gasteiger partial charge in [-0.25, -0.2) is 4.79 Å². The van der Waals surface area contributed by atoms with Crippen LogP contribution in [0, 0.1) is 5.92 Å². The van der Waals surface area contributed by atoms with Crippen molar-refractivity contribution in [2.75, 3.05) is 6.61 Å². The van der Waals surface area contributed by atoms with Crippen LogP contribution in [0.15, 0.2) is 35.1 Å². The minimum Gasteiger partial charge on any atom is -0.484 e. The summed E-state index contributed by atoms with van der Waals surface area (Å²) in [5.41, 5.74) is 0.750. The molecule has 0 bridgehead atoms. The lowest BCUT2D eigenvalue weighted by molar-refractivity contribution is -0.122. The molecule has 0 radical (unpaired) electrons. The quantitative estimate of drug-likeness (QED) is 0.851. The first kappa shape index (κ1) is 17.9. The van der Waals surface area contributed by atoms with Gasteiger partial charge in [-0.15, -0.1) is 10.2 Å². The summed E-state index contributed by atoms with van der Waals surface area (Å²) in [6.07, 6.45) is 5.60. The molecule has 26 heavy (non-hydrogen) atoms. The molecule has 3 amide bonds. The van der Waals surface area contributed by atoms with Gasteiger partial charge in [-0.1, -0.05) is 19.8 Å². The molecule has 3 rings (SSSR count). The second kappa shape index (κ2) is 8.46. The topological polar surface area (TPSA) is 106 Å². The number of rotatable bonds is 5. The van der Waals surface area contributed by atoms with Gasteiger partial charge in [0, 0.05) is 11.6 Å². The Hall–Kier alpha value is -2.90. The van der Waals surface area contributed by atoms with Crippen molar-refractivity contribution in [3.8, 4) is 17.2 Å². The Labute approximate surface area is 151 Å². The monoisotopic (exact) mass is 358 g/mol. The normalized spacial score (nSPS) is 19.6. The van der Waals surface area contributed by atoms with Crippen LogP contribution in [0.3, 0.4) is 0 Å². The molecule has 8 heteroatoms. The number of carbonyl (C=O) groups is 2. The van der Waals surface area contributed by atoms with Crippen molar-refractivity contribution in [2.45, 2.75) is 38.6 Å². The van der Waals surface area contributed by atoms with Crippen molar-refractivity contribution < 1.29 is 18.7 Å². The number of aromatic nitrogens is 2. The highest BCUT2D eigenvalue weighted by atomic mass is 16.5. The van der Waals surface area contributed by atoms with E-state index < -0.39 is 11.9 Å². The summed E-state index contributed by atoms with van der Waals surface area (Å²) in [4.78, 5) is 23.8. The molecular weight excluding hydrogens is 336 g/mol. The van der Waals surface area contributed by atoms with Crippen LogP contribution >= 0.6 is 0 Å². The standard InChI is InChI=1S/C18H22N4O4/c1-12-4-2-3-5-15(12)20-18(24)21-16(23)10-25-14-8-6-13(7-9-14)17-22-19-11-26-17/h6-9,11-12,15H,2-5,10H2,1H3,(H2,20,21,23,24)/t12-,15-/m1/s1. The minimum absolute atomic E-state index is 0.120. The number of amides is 3. The van der Waals surface area contributed by atoms with Crippen molar-refractivity contribution in [1.82, 2.24) is 20.8 Å². The minimum atomic E-state index is -0.494. The van der Waals surface area contributed by atoms with Crippen LogP contribution in [0.4, 0.5) is 4.79 Å². The number of hydrogen-bond acceptors (Lipinski definition) is 6. The molecule has 1 aromatic carbocycles. The maximum absolute atomic E-state index is 11.9. The number of benzene rings is 1. The second-order valence-electron chi connectivity index (χ2n) is 6.45. The number of urea groups is 1. The maximum atomic E-state index is 11.9. The van der Waals surface area contributed by atoms with Crippen LogP contribution in [0.2, 0.25) is 0 Å². The van der Waals surface area contributed by atoms with E-state index in [1.54, 1.807) is 24.3 Å². The third kappa shape index (κ3) is 4.81. The SMILES string of the molecule is C[C@@H]1CCCC[C@H]1NC(=O)NC(=O)COc1ccc(-c2nnco2)cc1. The maximum Gasteiger partial charge on any atom is 0.321 e. The fourth-order valence-corrected chi connectivity index (χ4v) is 3.04. The lowest BCUT2D eigenvalue weighted by Crippen LogP contribution is -2.48. The van der Waals surface area contributed by atoms with Crippen molar-refractivity contribution >= 4 is 11.9 Å². The van der Waals surface area contributed by atoms with Crippen LogP contribution < -0.4 is 15.4 Å². The van der Waals surface area contributed by atoms with E-state index >= 15 is 0 Å². The summed E-state index contributed by atoms with van der Waals surface area (Å²) in [6, 6.07) is 6.53. The molecule has 2 atom stereocenters. The van der Waals surface area contributed by atoms with Gasteiger partial charge < -0.3 is 14.5 Å². The van der Waals surface area contributed by atoms with Gasteiger partial charge in [0.05, 0.1) is 0 Å². The first-order chi connectivity index (χ1) is 12.6. The van der Waals surface area contributed by atoms with Gasteiger partial charge in [0.1, 0.15) is 5.75 Å². The second-order valence-corrected chi connectivity index (χ2v) is 6.45. The first-order valence-electron chi connectivity index (χ1n) is 8.71. The van der Waals surface area contributed by atoms with E-state index in [1.165, 1.54) is 12.8 Å². The van der Waals surface area contributed by atoms with E-state index in [9.17, 15) is 9.59 Å². The lowest BCUT2D eigenvalue weighted by atomic mass is 9.86.